The Hall–Kier alpha value is -2.20. The SMILES string of the molecule is O=C1C=C(C(=O)c2ccccc2)Nc2ccc(Br)cc2C1. The van der Waals surface area contributed by atoms with Gasteiger partial charge in [-0.3, -0.25) is 9.59 Å². The molecule has 0 aromatic heterocycles. The Morgan fingerprint density at radius 2 is 1.86 bits per heavy atom. The van der Waals surface area contributed by atoms with E-state index in [0.717, 1.165) is 15.7 Å². The lowest BCUT2D eigenvalue weighted by Gasteiger charge is -2.11. The smallest absolute Gasteiger partial charge is 0.209 e. The van der Waals surface area contributed by atoms with Gasteiger partial charge in [0.2, 0.25) is 5.78 Å². The van der Waals surface area contributed by atoms with Crippen LogP contribution in [0.2, 0.25) is 0 Å². The molecule has 0 saturated heterocycles. The van der Waals surface area contributed by atoms with Gasteiger partial charge in [0.05, 0.1) is 5.70 Å². The molecule has 2 aromatic carbocycles. The first-order valence-electron chi connectivity index (χ1n) is 6.53. The number of allylic oxidation sites excluding steroid dienone is 2. The van der Waals surface area contributed by atoms with E-state index in [-0.39, 0.29) is 18.0 Å². The minimum Gasteiger partial charge on any atom is -0.352 e. The van der Waals surface area contributed by atoms with Gasteiger partial charge in [0.1, 0.15) is 0 Å². The molecular weight excluding hydrogens is 330 g/mol. The molecule has 1 heterocycles. The monoisotopic (exact) mass is 341 g/mol. The molecule has 21 heavy (non-hydrogen) atoms. The number of carbonyl (C=O) groups excluding carboxylic acids is 2. The van der Waals surface area contributed by atoms with Crippen LogP contribution in [0.4, 0.5) is 5.69 Å². The molecule has 0 unspecified atom stereocenters. The quantitative estimate of drug-likeness (QED) is 0.846. The molecule has 0 bridgehead atoms. The topological polar surface area (TPSA) is 46.2 Å². The summed E-state index contributed by atoms with van der Waals surface area (Å²) in [6.45, 7) is 0. The summed E-state index contributed by atoms with van der Waals surface area (Å²) in [4.78, 5) is 24.5. The Kier molecular flexibility index (Phi) is 3.71. The lowest BCUT2D eigenvalue weighted by Crippen LogP contribution is -2.12. The van der Waals surface area contributed by atoms with Gasteiger partial charge in [0.25, 0.3) is 0 Å². The van der Waals surface area contributed by atoms with E-state index in [0.29, 0.717) is 11.3 Å². The molecule has 3 rings (SSSR count). The lowest BCUT2D eigenvalue weighted by molar-refractivity contribution is -0.114. The first-order chi connectivity index (χ1) is 10.1. The van der Waals surface area contributed by atoms with Gasteiger partial charge in [-0.2, -0.15) is 0 Å². The number of fused-ring (bicyclic) bond motifs is 1. The molecule has 4 heteroatoms. The maximum absolute atomic E-state index is 12.5. The molecule has 0 radical (unpaired) electrons. The van der Waals surface area contributed by atoms with Crippen molar-refractivity contribution in [3.63, 3.8) is 0 Å². The van der Waals surface area contributed by atoms with Crippen LogP contribution in [-0.2, 0) is 11.2 Å². The van der Waals surface area contributed by atoms with E-state index in [1.54, 1.807) is 24.3 Å². The summed E-state index contributed by atoms with van der Waals surface area (Å²) in [6, 6.07) is 14.6. The normalized spacial score (nSPS) is 13.8. The van der Waals surface area contributed by atoms with Crippen molar-refractivity contribution in [1.29, 1.82) is 0 Å². The summed E-state index contributed by atoms with van der Waals surface area (Å²) in [5.41, 5.74) is 2.54. The van der Waals surface area contributed by atoms with E-state index < -0.39 is 0 Å². The number of rotatable bonds is 2. The van der Waals surface area contributed by atoms with Crippen LogP contribution >= 0.6 is 15.9 Å². The van der Waals surface area contributed by atoms with Crippen LogP contribution in [0.15, 0.2) is 64.8 Å². The number of hydrogen-bond acceptors (Lipinski definition) is 3. The summed E-state index contributed by atoms with van der Waals surface area (Å²) >= 11 is 3.39. The highest BCUT2D eigenvalue weighted by Crippen LogP contribution is 2.26. The first kappa shape index (κ1) is 13.8. The molecule has 1 N–H and O–H groups in total. The zero-order valence-corrected chi connectivity index (χ0v) is 12.7. The van der Waals surface area contributed by atoms with Crippen molar-refractivity contribution in [2.75, 3.05) is 5.32 Å². The molecule has 0 amide bonds. The third-order valence-corrected chi connectivity index (χ3v) is 3.78. The third-order valence-electron chi connectivity index (χ3n) is 3.29. The molecule has 104 valence electrons. The van der Waals surface area contributed by atoms with Crippen LogP contribution in [0.1, 0.15) is 15.9 Å². The summed E-state index contributed by atoms with van der Waals surface area (Å²) in [7, 11) is 0. The maximum Gasteiger partial charge on any atom is 0.209 e. The Labute approximate surface area is 130 Å². The fourth-order valence-corrected chi connectivity index (χ4v) is 2.69. The number of benzene rings is 2. The third kappa shape index (κ3) is 2.95. The number of Topliss-reactive ketones (excluding diaryl/α,β-unsaturated/α-hetero) is 1. The highest BCUT2D eigenvalue weighted by atomic mass is 79.9. The fourth-order valence-electron chi connectivity index (χ4n) is 2.28. The average Bonchev–Trinajstić information content (AvgIpc) is 2.65. The Morgan fingerprint density at radius 1 is 1.10 bits per heavy atom. The van der Waals surface area contributed by atoms with Crippen molar-refractivity contribution < 1.29 is 9.59 Å². The molecule has 2 aromatic rings. The standard InChI is InChI=1S/C17H12BrNO2/c18-13-6-7-15-12(8-13)9-14(20)10-16(19-15)17(21)11-4-2-1-3-5-11/h1-8,10,19H,9H2. The molecule has 3 nitrogen and oxygen atoms in total. The van der Waals surface area contributed by atoms with E-state index >= 15 is 0 Å². The van der Waals surface area contributed by atoms with E-state index in [1.807, 2.05) is 24.3 Å². The zero-order valence-electron chi connectivity index (χ0n) is 11.1. The number of anilines is 1. The Morgan fingerprint density at radius 3 is 2.62 bits per heavy atom. The van der Waals surface area contributed by atoms with Crippen molar-refractivity contribution in [1.82, 2.24) is 0 Å². The summed E-state index contributed by atoms with van der Waals surface area (Å²) in [6.07, 6.45) is 1.68. The van der Waals surface area contributed by atoms with Crippen molar-refractivity contribution in [2.24, 2.45) is 0 Å². The van der Waals surface area contributed by atoms with E-state index in [9.17, 15) is 9.59 Å². The lowest BCUT2D eigenvalue weighted by atomic mass is 10.1. The molecule has 0 aliphatic carbocycles. The van der Waals surface area contributed by atoms with Crippen molar-refractivity contribution in [2.45, 2.75) is 6.42 Å². The van der Waals surface area contributed by atoms with Gasteiger partial charge in [-0.15, -0.1) is 0 Å². The predicted molar refractivity (Wildman–Crippen MR) is 85.3 cm³/mol. The molecule has 0 atom stereocenters. The highest BCUT2D eigenvalue weighted by Gasteiger charge is 2.19. The number of nitrogens with one attached hydrogen (secondary N) is 1. The summed E-state index contributed by atoms with van der Waals surface area (Å²) in [5, 5.41) is 3.09. The van der Waals surface area contributed by atoms with Gasteiger partial charge in [0.15, 0.2) is 5.78 Å². The highest BCUT2D eigenvalue weighted by molar-refractivity contribution is 9.10. The number of hydrogen-bond donors (Lipinski definition) is 1. The maximum atomic E-state index is 12.5. The van der Waals surface area contributed by atoms with E-state index in [2.05, 4.69) is 21.2 Å². The van der Waals surface area contributed by atoms with Crippen LogP contribution < -0.4 is 5.32 Å². The number of halogens is 1. The van der Waals surface area contributed by atoms with E-state index in [1.165, 1.54) is 6.08 Å². The van der Waals surface area contributed by atoms with Gasteiger partial charge in [-0.1, -0.05) is 46.3 Å². The summed E-state index contributed by atoms with van der Waals surface area (Å²) in [5.74, 6) is -0.265. The minimum absolute atomic E-state index is 0.0846. The van der Waals surface area contributed by atoms with Crippen LogP contribution in [0.3, 0.4) is 0 Å². The number of carbonyl (C=O) groups is 2. The molecule has 1 aliphatic heterocycles. The molecule has 0 spiro atoms. The van der Waals surface area contributed by atoms with Gasteiger partial charge < -0.3 is 5.32 Å². The minimum atomic E-state index is -0.181. The predicted octanol–water partition coefficient (Wildman–Crippen LogP) is 3.75. The second-order valence-electron chi connectivity index (χ2n) is 4.82. The molecule has 0 saturated carbocycles. The molecular formula is C17H12BrNO2. The second-order valence-corrected chi connectivity index (χ2v) is 5.74. The van der Waals surface area contributed by atoms with Crippen molar-refractivity contribution >= 4 is 33.2 Å². The first-order valence-corrected chi connectivity index (χ1v) is 7.32. The van der Waals surface area contributed by atoms with Gasteiger partial charge in [0, 0.05) is 28.2 Å². The van der Waals surface area contributed by atoms with Gasteiger partial charge in [-0.25, -0.2) is 0 Å². The largest absolute Gasteiger partial charge is 0.352 e. The second kappa shape index (κ2) is 5.66. The fraction of sp³-hybridized carbons (Fsp3) is 0.0588. The zero-order chi connectivity index (χ0) is 14.8. The van der Waals surface area contributed by atoms with Crippen molar-refractivity contribution in [3.8, 4) is 0 Å². The molecule has 1 aliphatic rings. The number of ketones is 2. The van der Waals surface area contributed by atoms with E-state index in [4.69, 9.17) is 0 Å². The molecule has 0 fully saturated rings. The van der Waals surface area contributed by atoms with Crippen LogP contribution in [0, 0.1) is 0 Å². The van der Waals surface area contributed by atoms with Crippen LogP contribution in [0.5, 0.6) is 0 Å². The van der Waals surface area contributed by atoms with Gasteiger partial charge >= 0.3 is 0 Å². The Balaban J connectivity index is 1.98. The van der Waals surface area contributed by atoms with Crippen LogP contribution in [-0.4, -0.2) is 11.6 Å². The average molecular weight is 342 g/mol. The Bertz CT molecular complexity index is 751. The summed E-state index contributed by atoms with van der Waals surface area (Å²) < 4.78 is 0.911. The van der Waals surface area contributed by atoms with Crippen molar-refractivity contribution in [3.05, 3.63) is 75.9 Å². The van der Waals surface area contributed by atoms with Crippen LogP contribution in [0.25, 0.3) is 0 Å². The van der Waals surface area contributed by atoms with Gasteiger partial charge in [-0.05, 0) is 23.8 Å².